The van der Waals surface area contributed by atoms with Crippen molar-refractivity contribution in [2.24, 2.45) is 0 Å². The average molecular weight is 407 g/mol. The minimum Gasteiger partial charge on any atom is -0.338 e. The van der Waals surface area contributed by atoms with E-state index in [4.69, 9.17) is 4.52 Å². The largest absolute Gasteiger partial charge is 0.338 e. The Morgan fingerprint density at radius 3 is 2.41 bits per heavy atom. The molecule has 0 saturated carbocycles. The van der Waals surface area contributed by atoms with Crippen molar-refractivity contribution >= 4 is 20.8 Å². The van der Waals surface area contributed by atoms with Gasteiger partial charge in [-0.3, -0.25) is 0 Å². The summed E-state index contributed by atoms with van der Waals surface area (Å²) in [5.41, 5.74) is 1.96. The zero-order valence-electron chi connectivity index (χ0n) is 16.2. The average Bonchev–Trinajstić information content (AvgIpc) is 3.20. The maximum atomic E-state index is 13.2. The summed E-state index contributed by atoms with van der Waals surface area (Å²) >= 11 is 0. The Kier molecular flexibility index (Phi) is 5.17. The number of sulfonamides is 1. The van der Waals surface area contributed by atoms with Gasteiger partial charge in [0.2, 0.25) is 21.7 Å². The summed E-state index contributed by atoms with van der Waals surface area (Å²) in [6, 6.07) is 20.6. The van der Waals surface area contributed by atoms with Gasteiger partial charge in [0, 0.05) is 12.1 Å². The van der Waals surface area contributed by atoms with Crippen molar-refractivity contribution in [1.29, 1.82) is 0 Å². The van der Waals surface area contributed by atoms with Crippen LogP contribution in [0.25, 0.3) is 22.2 Å². The van der Waals surface area contributed by atoms with Crippen LogP contribution in [0.3, 0.4) is 0 Å². The number of nitrogens with zero attached hydrogens (tertiary/aromatic N) is 3. The Labute approximate surface area is 169 Å². The minimum atomic E-state index is -3.70. The maximum absolute atomic E-state index is 13.2. The topological polar surface area (TPSA) is 76.3 Å². The predicted octanol–water partition coefficient (Wildman–Crippen LogP) is 4.41. The van der Waals surface area contributed by atoms with E-state index in [0.717, 1.165) is 21.9 Å². The molecule has 0 saturated heterocycles. The molecule has 0 fully saturated rings. The van der Waals surface area contributed by atoms with Crippen LogP contribution in [0.15, 0.2) is 76.1 Å². The molecule has 0 spiro atoms. The highest BCUT2D eigenvalue weighted by atomic mass is 32.2. The van der Waals surface area contributed by atoms with Crippen LogP contribution < -0.4 is 0 Å². The van der Waals surface area contributed by atoms with E-state index in [0.29, 0.717) is 5.82 Å². The molecule has 1 aromatic heterocycles. The van der Waals surface area contributed by atoms with E-state index in [1.165, 1.54) is 4.31 Å². The normalized spacial score (nSPS) is 12.0. The van der Waals surface area contributed by atoms with Gasteiger partial charge in [0.05, 0.1) is 11.4 Å². The first-order valence-electron chi connectivity index (χ1n) is 9.36. The predicted molar refractivity (Wildman–Crippen MR) is 112 cm³/mol. The van der Waals surface area contributed by atoms with Crippen molar-refractivity contribution in [2.45, 2.75) is 25.3 Å². The van der Waals surface area contributed by atoms with Crippen LogP contribution in [0.5, 0.6) is 0 Å². The summed E-state index contributed by atoms with van der Waals surface area (Å²) < 4.78 is 33.0. The molecule has 0 unspecified atom stereocenters. The minimum absolute atomic E-state index is 0.0184. The van der Waals surface area contributed by atoms with Crippen LogP contribution in [0, 0.1) is 6.92 Å². The highest BCUT2D eigenvalue weighted by molar-refractivity contribution is 7.89. The van der Waals surface area contributed by atoms with E-state index >= 15 is 0 Å². The molecular weight excluding hydrogens is 386 g/mol. The third-order valence-electron chi connectivity index (χ3n) is 4.80. The van der Waals surface area contributed by atoms with Gasteiger partial charge in [-0.15, -0.1) is 0 Å². The summed E-state index contributed by atoms with van der Waals surface area (Å²) in [4.78, 5) is 4.62. The molecule has 7 heteroatoms. The van der Waals surface area contributed by atoms with Crippen LogP contribution in [0.2, 0.25) is 0 Å². The zero-order chi connectivity index (χ0) is 20.4. The molecule has 0 aliphatic carbocycles. The number of aryl methyl sites for hydroxylation is 1. The highest BCUT2D eigenvalue weighted by Crippen LogP contribution is 2.23. The molecule has 29 heavy (non-hydrogen) atoms. The second-order valence-electron chi connectivity index (χ2n) is 6.82. The number of fused-ring (bicyclic) bond motifs is 1. The molecule has 0 aliphatic heterocycles. The van der Waals surface area contributed by atoms with E-state index in [1.807, 2.05) is 61.5 Å². The second kappa shape index (κ2) is 7.77. The van der Waals surface area contributed by atoms with Crippen molar-refractivity contribution in [3.63, 3.8) is 0 Å². The third kappa shape index (κ3) is 3.92. The zero-order valence-corrected chi connectivity index (χ0v) is 17.1. The van der Waals surface area contributed by atoms with Crippen molar-refractivity contribution < 1.29 is 12.9 Å². The van der Waals surface area contributed by atoms with Crippen molar-refractivity contribution in [3.8, 4) is 11.4 Å². The van der Waals surface area contributed by atoms with Crippen molar-refractivity contribution in [3.05, 3.63) is 78.2 Å². The standard InChI is InChI=1S/C22H21N3O3S/c1-3-25(15-21-23-22(24-28-21)18-10-8-16(2)9-11-18)29(26,27)20-13-12-17-6-4-5-7-19(17)14-20/h4-14H,3,15H2,1-2H3. The smallest absolute Gasteiger partial charge is 0.243 e. The van der Waals surface area contributed by atoms with Gasteiger partial charge in [0.15, 0.2) is 0 Å². The number of rotatable bonds is 6. The maximum Gasteiger partial charge on any atom is 0.243 e. The Hall–Kier alpha value is -3.03. The highest BCUT2D eigenvalue weighted by Gasteiger charge is 2.25. The van der Waals surface area contributed by atoms with E-state index in [2.05, 4.69) is 10.1 Å². The van der Waals surface area contributed by atoms with Gasteiger partial charge in [0.25, 0.3) is 0 Å². The fourth-order valence-electron chi connectivity index (χ4n) is 3.13. The Balaban J connectivity index is 1.60. The fraction of sp³-hybridized carbons (Fsp3) is 0.182. The third-order valence-corrected chi connectivity index (χ3v) is 6.72. The van der Waals surface area contributed by atoms with E-state index in [-0.39, 0.29) is 23.9 Å². The number of hydrogen-bond acceptors (Lipinski definition) is 5. The van der Waals surface area contributed by atoms with Crippen molar-refractivity contribution in [2.75, 3.05) is 6.54 Å². The molecule has 6 nitrogen and oxygen atoms in total. The summed E-state index contributed by atoms with van der Waals surface area (Å²) in [6.07, 6.45) is 0. The van der Waals surface area contributed by atoms with E-state index < -0.39 is 10.0 Å². The Bertz CT molecular complexity index is 1250. The number of benzene rings is 3. The quantitative estimate of drug-likeness (QED) is 0.473. The molecule has 4 aromatic rings. The first-order valence-corrected chi connectivity index (χ1v) is 10.8. The molecule has 1 heterocycles. The van der Waals surface area contributed by atoms with Gasteiger partial charge >= 0.3 is 0 Å². The molecule has 148 valence electrons. The van der Waals surface area contributed by atoms with E-state index in [9.17, 15) is 8.42 Å². The van der Waals surface area contributed by atoms with Gasteiger partial charge in [-0.05, 0) is 29.8 Å². The monoisotopic (exact) mass is 407 g/mol. The molecule has 0 amide bonds. The summed E-state index contributed by atoms with van der Waals surface area (Å²) in [5.74, 6) is 0.700. The van der Waals surface area contributed by atoms with Crippen LogP contribution in [0.1, 0.15) is 18.4 Å². The Morgan fingerprint density at radius 2 is 1.69 bits per heavy atom. The Morgan fingerprint density at radius 1 is 0.966 bits per heavy atom. The van der Waals surface area contributed by atoms with Gasteiger partial charge in [-0.2, -0.15) is 9.29 Å². The lowest BCUT2D eigenvalue weighted by Crippen LogP contribution is -2.30. The lowest BCUT2D eigenvalue weighted by atomic mass is 10.1. The molecule has 0 radical (unpaired) electrons. The first-order chi connectivity index (χ1) is 14.0. The lowest BCUT2D eigenvalue weighted by Gasteiger charge is -2.18. The summed E-state index contributed by atoms with van der Waals surface area (Å²) in [7, 11) is -3.70. The summed E-state index contributed by atoms with van der Waals surface area (Å²) in [6.45, 7) is 4.10. The number of aromatic nitrogens is 2. The molecule has 3 aromatic carbocycles. The molecule has 4 rings (SSSR count). The van der Waals surface area contributed by atoms with Gasteiger partial charge in [0.1, 0.15) is 0 Å². The summed E-state index contributed by atoms with van der Waals surface area (Å²) in [5, 5.41) is 5.86. The van der Waals surface area contributed by atoms with Crippen LogP contribution in [0.4, 0.5) is 0 Å². The van der Waals surface area contributed by atoms with E-state index in [1.54, 1.807) is 19.1 Å². The van der Waals surface area contributed by atoms with Gasteiger partial charge in [-0.25, -0.2) is 8.42 Å². The molecular formula is C22H21N3O3S. The van der Waals surface area contributed by atoms with Gasteiger partial charge < -0.3 is 4.52 Å². The van der Waals surface area contributed by atoms with Gasteiger partial charge in [-0.1, -0.05) is 72.2 Å². The van der Waals surface area contributed by atoms with Crippen LogP contribution in [-0.2, 0) is 16.6 Å². The lowest BCUT2D eigenvalue weighted by molar-refractivity contribution is 0.321. The second-order valence-corrected chi connectivity index (χ2v) is 8.76. The SMILES string of the molecule is CCN(Cc1nc(-c2ccc(C)cc2)no1)S(=O)(=O)c1ccc2ccccc2c1. The number of hydrogen-bond donors (Lipinski definition) is 0. The molecule has 0 bridgehead atoms. The van der Waals surface area contributed by atoms with Crippen molar-refractivity contribution in [1.82, 2.24) is 14.4 Å². The molecule has 0 aliphatic rings. The first kappa shape index (κ1) is 19.3. The molecule has 0 atom stereocenters. The van der Waals surface area contributed by atoms with Crippen LogP contribution in [-0.4, -0.2) is 29.4 Å². The van der Waals surface area contributed by atoms with Crippen LogP contribution >= 0.6 is 0 Å². The molecule has 0 N–H and O–H groups in total. The fourth-order valence-corrected chi connectivity index (χ4v) is 4.57.